The summed E-state index contributed by atoms with van der Waals surface area (Å²) in [4.78, 5) is 9.29. The first-order chi connectivity index (χ1) is 17.3. The standard InChI is InChI=1S/C25H30ClF2N5O2S/c1-17-18(15-33(30-17)23-20(3-2-6-29-23)32-9-11-34-12-10-32)14-31-7-4-24(5-8-31)22-19(13-21(26)36-22)25(27,28)16-35-24/h2-3,6,13,15,19,22H,4-5,7-12,14,16H2,1H3. The number of piperidine rings is 1. The highest BCUT2D eigenvalue weighted by atomic mass is 35.5. The molecule has 4 aliphatic rings. The van der Waals surface area contributed by atoms with Gasteiger partial charge in [-0.05, 0) is 38.0 Å². The van der Waals surface area contributed by atoms with Crippen LogP contribution in [0.3, 0.4) is 0 Å². The van der Waals surface area contributed by atoms with E-state index in [4.69, 9.17) is 26.2 Å². The van der Waals surface area contributed by atoms with Crippen molar-refractivity contribution in [2.24, 2.45) is 5.92 Å². The fourth-order valence-electron chi connectivity index (χ4n) is 5.79. The molecular weight excluding hydrogens is 508 g/mol. The van der Waals surface area contributed by atoms with E-state index in [1.807, 2.05) is 17.7 Å². The second-order valence-corrected chi connectivity index (χ2v) is 11.9. The van der Waals surface area contributed by atoms with E-state index < -0.39 is 24.0 Å². The van der Waals surface area contributed by atoms with Gasteiger partial charge >= 0.3 is 0 Å². The van der Waals surface area contributed by atoms with Crippen LogP contribution < -0.4 is 4.90 Å². The van der Waals surface area contributed by atoms with Crippen molar-refractivity contribution in [3.8, 4) is 5.82 Å². The van der Waals surface area contributed by atoms with Crippen LogP contribution >= 0.6 is 23.4 Å². The monoisotopic (exact) mass is 537 g/mol. The number of alkyl halides is 2. The normalized spacial score (nSPS) is 27.8. The van der Waals surface area contributed by atoms with Crippen molar-refractivity contribution in [2.45, 2.75) is 43.1 Å². The summed E-state index contributed by atoms with van der Waals surface area (Å²) >= 11 is 7.53. The third-order valence-electron chi connectivity index (χ3n) is 7.87. The molecule has 1 spiro atoms. The number of rotatable bonds is 4. The Morgan fingerprint density at radius 3 is 2.75 bits per heavy atom. The smallest absolute Gasteiger partial charge is 0.278 e. The molecule has 3 saturated heterocycles. The van der Waals surface area contributed by atoms with Gasteiger partial charge in [0.05, 0.1) is 45.7 Å². The van der Waals surface area contributed by atoms with Crippen LogP contribution in [0.4, 0.5) is 14.5 Å². The Morgan fingerprint density at radius 2 is 1.97 bits per heavy atom. The number of likely N-dealkylation sites (tertiary alicyclic amines) is 1. The Bertz CT molecular complexity index is 1150. The van der Waals surface area contributed by atoms with Crippen LogP contribution in [0.1, 0.15) is 24.1 Å². The number of allylic oxidation sites excluding steroid dienone is 1. The van der Waals surface area contributed by atoms with Crippen molar-refractivity contribution in [3.05, 3.63) is 46.2 Å². The van der Waals surface area contributed by atoms with E-state index in [-0.39, 0.29) is 5.25 Å². The minimum absolute atomic E-state index is 0.330. The number of ether oxygens (including phenoxy) is 2. The van der Waals surface area contributed by atoms with Gasteiger partial charge in [0.1, 0.15) is 6.61 Å². The highest BCUT2D eigenvalue weighted by molar-refractivity contribution is 8.05. The van der Waals surface area contributed by atoms with Gasteiger partial charge in [0.2, 0.25) is 0 Å². The third kappa shape index (κ3) is 4.45. The first-order valence-electron chi connectivity index (χ1n) is 12.5. The molecule has 7 nitrogen and oxygen atoms in total. The Balaban J connectivity index is 1.15. The number of aromatic nitrogens is 3. The van der Waals surface area contributed by atoms with Crippen molar-refractivity contribution in [1.29, 1.82) is 0 Å². The van der Waals surface area contributed by atoms with E-state index >= 15 is 0 Å². The predicted octanol–water partition coefficient (Wildman–Crippen LogP) is 4.22. The number of thioether (sulfide) groups is 1. The van der Waals surface area contributed by atoms with Crippen molar-refractivity contribution in [2.75, 3.05) is 50.9 Å². The molecule has 4 aliphatic heterocycles. The number of nitrogens with zero attached hydrogens (tertiary/aromatic N) is 5. The average Bonchev–Trinajstić information content (AvgIpc) is 3.47. The zero-order valence-corrected chi connectivity index (χ0v) is 21.8. The molecule has 0 radical (unpaired) electrons. The van der Waals surface area contributed by atoms with Gasteiger partial charge in [0.15, 0.2) is 5.82 Å². The number of pyridine rings is 1. The van der Waals surface area contributed by atoms with Crippen LogP contribution in [0, 0.1) is 12.8 Å². The summed E-state index contributed by atoms with van der Waals surface area (Å²) in [6.45, 7) is 6.87. The number of hydrogen-bond donors (Lipinski definition) is 0. The van der Waals surface area contributed by atoms with Gasteiger partial charge < -0.3 is 14.4 Å². The predicted molar refractivity (Wildman–Crippen MR) is 136 cm³/mol. The van der Waals surface area contributed by atoms with Crippen molar-refractivity contribution in [1.82, 2.24) is 19.7 Å². The minimum Gasteiger partial charge on any atom is -0.378 e. The molecule has 0 aromatic carbocycles. The van der Waals surface area contributed by atoms with Crippen LogP contribution in [-0.2, 0) is 16.0 Å². The Labute approximate surface area is 218 Å². The molecule has 0 aliphatic carbocycles. The van der Waals surface area contributed by atoms with E-state index in [2.05, 4.69) is 27.0 Å². The molecule has 0 bridgehead atoms. The lowest BCUT2D eigenvalue weighted by Crippen LogP contribution is -2.61. The van der Waals surface area contributed by atoms with Crippen LogP contribution in [0.25, 0.3) is 5.82 Å². The molecule has 0 N–H and O–H groups in total. The summed E-state index contributed by atoms with van der Waals surface area (Å²) in [6, 6.07) is 4.03. The quantitative estimate of drug-likeness (QED) is 0.578. The maximum absolute atomic E-state index is 14.5. The molecule has 11 heteroatoms. The van der Waals surface area contributed by atoms with Crippen LogP contribution in [0.15, 0.2) is 35.0 Å². The van der Waals surface area contributed by atoms with Gasteiger partial charge in [-0.3, -0.25) is 4.90 Å². The van der Waals surface area contributed by atoms with E-state index in [1.54, 1.807) is 6.20 Å². The molecule has 6 heterocycles. The summed E-state index contributed by atoms with van der Waals surface area (Å²) in [5.74, 6) is -2.90. The van der Waals surface area contributed by atoms with Crippen molar-refractivity contribution >= 4 is 29.1 Å². The van der Waals surface area contributed by atoms with E-state index in [0.717, 1.165) is 55.5 Å². The Hall–Kier alpha value is -1.72. The second kappa shape index (κ2) is 9.54. The van der Waals surface area contributed by atoms with Crippen molar-refractivity contribution in [3.63, 3.8) is 0 Å². The molecule has 6 rings (SSSR count). The molecule has 3 fully saturated rings. The van der Waals surface area contributed by atoms with Gasteiger partial charge in [0.25, 0.3) is 5.92 Å². The maximum Gasteiger partial charge on any atom is 0.278 e. The first-order valence-corrected chi connectivity index (χ1v) is 13.7. The third-order valence-corrected chi connectivity index (χ3v) is 9.60. The summed E-state index contributed by atoms with van der Waals surface area (Å²) in [6.07, 6.45) is 6.82. The Morgan fingerprint density at radius 1 is 1.19 bits per heavy atom. The summed E-state index contributed by atoms with van der Waals surface area (Å²) in [5, 5.41) is 4.46. The van der Waals surface area contributed by atoms with Crippen molar-refractivity contribution < 1.29 is 18.3 Å². The first kappa shape index (κ1) is 24.6. The number of hydrogen-bond acceptors (Lipinski definition) is 7. The Kier molecular flexibility index (Phi) is 6.52. The maximum atomic E-state index is 14.5. The fourth-order valence-corrected chi connectivity index (χ4v) is 7.63. The lowest BCUT2D eigenvalue weighted by atomic mass is 9.77. The number of halogens is 3. The van der Waals surface area contributed by atoms with Crippen LogP contribution in [0.2, 0.25) is 0 Å². The zero-order valence-electron chi connectivity index (χ0n) is 20.2. The zero-order chi connectivity index (χ0) is 24.9. The molecule has 0 amide bonds. The average molecular weight is 538 g/mol. The van der Waals surface area contributed by atoms with Gasteiger partial charge in [-0.25, -0.2) is 18.4 Å². The number of anilines is 1. The topological polar surface area (TPSA) is 55.7 Å². The molecule has 0 saturated carbocycles. The lowest BCUT2D eigenvalue weighted by molar-refractivity contribution is -0.215. The van der Waals surface area contributed by atoms with Crippen LogP contribution in [-0.4, -0.2) is 82.4 Å². The molecule has 194 valence electrons. The summed E-state index contributed by atoms with van der Waals surface area (Å²) < 4.78 is 42.7. The van der Waals surface area contributed by atoms with E-state index in [0.29, 0.717) is 30.4 Å². The summed E-state index contributed by atoms with van der Waals surface area (Å²) in [7, 11) is 0. The largest absolute Gasteiger partial charge is 0.378 e. The molecule has 2 atom stereocenters. The molecule has 2 aromatic rings. The van der Waals surface area contributed by atoms with Crippen LogP contribution in [0.5, 0.6) is 0 Å². The van der Waals surface area contributed by atoms with Gasteiger partial charge in [-0.15, -0.1) is 11.8 Å². The summed E-state index contributed by atoms with van der Waals surface area (Å²) in [5.41, 5.74) is 2.60. The number of fused-ring (bicyclic) bond motifs is 2. The lowest BCUT2D eigenvalue weighted by Gasteiger charge is -2.51. The molecular formula is C25H30ClF2N5O2S. The molecule has 2 unspecified atom stereocenters. The highest BCUT2D eigenvalue weighted by Crippen LogP contribution is 2.56. The van der Waals surface area contributed by atoms with Gasteiger partial charge in [-0.2, -0.15) is 5.10 Å². The number of aryl methyl sites for hydroxylation is 1. The SMILES string of the molecule is Cc1nn(-c2ncccc2N2CCOCC2)cc1CN1CCC2(CC1)OCC(F)(F)C1C=C(Cl)SC12. The molecule has 2 aromatic heterocycles. The van der Waals surface area contributed by atoms with E-state index in [1.165, 1.54) is 17.8 Å². The van der Waals surface area contributed by atoms with Gasteiger partial charge in [-0.1, -0.05) is 11.6 Å². The molecule has 36 heavy (non-hydrogen) atoms. The second-order valence-electron chi connectivity index (χ2n) is 10.1. The number of morpholine rings is 1. The van der Waals surface area contributed by atoms with E-state index in [9.17, 15) is 8.78 Å². The minimum atomic E-state index is -2.87. The fraction of sp³-hybridized carbons (Fsp3) is 0.600. The van der Waals surface area contributed by atoms with Gasteiger partial charge in [0, 0.05) is 50.7 Å². The highest BCUT2D eigenvalue weighted by Gasteiger charge is 2.60.